The molecule has 0 aliphatic heterocycles. The van der Waals surface area contributed by atoms with E-state index in [0.717, 1.165) is 19.2 Å². The number of fused-ring (bicyclic) bond motifs is 1. The largest absolute Gasteiger partial charge is 0.494 e. The maximum absolute atomic E-state index is 12.2. The summed E-state index contributed by atoms with van der Waals surface area (Å²) < 4.78 is 9.77. The van der Waals surface area contributed by atoms with Crippen LogP contribution in [0.3, 0.4) is 0 Å². The number of H-pyrrole nitrogens is 1. The van der Waals surface area contributed by atoms with Crippen molar-refractivity contribution < 1.29 is 19.1 Å². The van der Waals surface area contributed by atoms with Crippen molar-refractivity contribution in [3.63, 3.8) is 0 Å². The number of carbonyl (C=O) groups is 2. The summed E-state index contributed by atoms with van der Waals surface area (Å²) in [6, 6.07) is 0. The van der Waals surface area contributed by atoms with Crippen molar-refractivity contribution in [1.82, 2.24) is 25.0 Å². The molecule has 3 heterocycles. The second kappa shape index (κ2) is 6.11. The Balaban J connectivity index is 2.22. The Morgan fingerprint density at radius 2 is 2.08 bits per heavy atom. The molecule has 3 aromatic rings. The van der Waals surface area contributed by atoms with Crippen molar-refractivity contribution in [3.8, 4) is 11.6 Å². The van der Waals surface area contributed by atoms with Crippen molar-refractivity contribution in [2.75, 3.05) is 14.2 Å². The van der Waals surface area contributed by atoms with Gasteiger partial charge in [0.25, 0.3) is 5.78 Å². The summed E-state index contributed by atoms with van der Waals surface area (Å²) in [6.45, 7) is 1.97. The summed E-state index contributed by atoms with van der Waals surface area (Å²) in [4.78, 5) is 32.4. The molecule has 1 N–H and O–H groups in total. The van der Waals surface area contributed by atoms with Crippen LogP contribution in [0.2, 0.25) is 0 Å². The maximum Gasteiger partial charge on any atom is 0.379 e. The minimum absolute atomic E-state index is 0.139. The number of aromatic nitrogens is 5. The zero-order chi connectivity index (χ0) is 17.3. The number of Topliss-reactive ketones (excluding diaryl/α,β-unsaturated/α-hetero) is 1. The molecule has 0 unspecified atom stereocenters. The number of esters is 1. The Labute approximate surface area is 136 Å². The first-order valence-electron chi connectivity index (χ1n) is 7.19. The van der Waals surface area contributed by atoms with Crippen LogP contribution in [0.4, 0.5) is 0 Å². The molecule has 3 aromatic heterocycles. The van der Waals surface area contributed by atoms with Crippen LogP contribution in [0, 0.1) is 0 Å². The Morgan fingerprint density at radius 1 is 1.29 bits per heavy atom. The van der Waals surface area contributed by atoms with Crippen molar-refractivity contribution in [1.29, 1.82) is 0 Å². The van der Waals surface area contributed by atoms with Gasteiger partial charge in [-0.2, -0.15) is 10.2 Å². The van der Waals surface area contributed by atoms with Gasteiger partial charge in [-0.25, -0.2) is 9.78 Å². The molecule has 124 valence electrons. The third-order valence-corrected chi connectivity index (χ3v) is 3.58. The summed E-state index contributed by atoms with van der Waals surface area (Å²) in [5, 5.41) is 8.91. The average molecular weight is 329 g/mol. The zero-order valence-electron chi connectivity index (χ0n) is 13.4. The first-order valence-corrected chi connectivity index (χ1v) is 7.19. The monoisotopic (exact) mass is 329 g/mol. The van der Waals surface area contributed by atoms with Crippen LogP contribution in [0.5, 0.6) is 5.75 Å². The van der Waals surface area contributed by atoms with Crippen molar-refractivity contribution >= 4 is 22.7 Å². The second-order valence-electron chi connectivity index (χ2n) is 4.90. The van der Waals surface area contributed by atoms with Crippen LogP contribution in [0.15, 0.2) is 18.6 Å². The van der Waals surface area contributed by atoms with Crippen LogP contribution >= 0.6 is 0 Å². The molecule has 0 radical (unpaired) electrons. The molecule has 0 saturated heterocycles. The number of aromatic amines is 1. The third-order valence-electron chi connectivity index (χ3n) is 3.58. The van der Waals surface area contributed by atoms with Gasteiger partial charge in [-0.15, -0.1) is 4.80 Å². The maximum atomic E-state index is 12.2. The topological polar surface area (TPSA) is 112 Å². The predicted octanol–water partition coefficient (Wildman–Crippen LogP) is 1.07. The molecule has 0 aliphatic rings. The van der Waals surface area contributed by atoms with Crippen LogP contribution in [0.25, 0.3) is 16.7 Å². The highest BCUT2D eigenvalue weighted by atomic mass is 16.5. The Hall–Kier alpha value is -3.23. The van der Waals surface area contributed by atoms with Gasteiger partial charge in [0.15, 0.2) is 5.82 Å². The summed E-state index contributed by atoms with van der Waals surface area (Å²) in [5.41, 5.74) is 1.43. The van der Waals surface area contributed by atoms with E-state index in [1.54, 1.807) is 6.20 Å². The molecule has 0 bridgehead atoms. The van der Waals surface area contributed by atoms with Gasteiger partial charge in [-0.3, -0.25) is 4.79 Å². The minimum atomic E-state index is -0.957. The van der Waals surface area contributed by atoms with E-state index in [4.69, 9.17) is 4.74 Å². The molecule has 0 amide bonds. The van der Waals surface area contributed by atoms with Crippen molar-refractivity contribution in [2.45, 2.75) is 13.3 Å². The highest BCUT2D eigenvalue weighted by Crippen LogP contribution is 2.31. The van der Waals surface area contributed by atoms with Crippen LogP contribution in [-0.4, -0.2) is 50.9 Å². The van der Waals surface area contributed by atoms with Gasteiger partial charge in [0.1, 0.15) is 5.75 Å². The number of pyridine rings is 1. The summed E-state index contributed by atoms with van der Waals surface area (Å²) >= 11 is 0. The molecule has 0 fully saturated rings. The van der Waals surface area contributed by atoms with E-state index in [1.165, 1.54) is 24.3 Å². The SMILES string of the molecule is CCc1cnn(-c2ncc(OC)c3c(C(=O)C(=O)OC)c[nH]c23)n1. The van der Waals surface area contributed by atoms with E-state index in [1.807, 2.05) is 6.92 Å². The van der Waals surface area contributed by atoms with E-state index in [0.29, 0.717) is 22.5 Å². The Kier molecular flexibility index (Phi) is 3.98. The number of aryl methyl sites for hydroxylation is 1. The number of rotatable bonds is 5. The highest BCUT2D eigenvalue weighted by molar-refractivity contribution is 6.43. The lowest BCUT2D eigenvalue weighted by Crippen LogP contribution is -2.15. The smallest absolute Gasteiger partial charge is 0.379 e. The van der Waals surface area contributed by atoms with Gasteiger partial charge in [0, 0.05) is 6.20 Å². The fourth-order valence-electron chi connectivity index (χ4n) is 2.35. The van der Waals surface area contributed by atoms with E-state index >= 15 is 0 Å². The number of hydrogen-bond donors (Lipinski definition) is 1. The van der Waals surface area contributed by atoms with Gasteiger partial charge in [0.2, 0.25) is 0 Å². The van der Waals surface area contributed by atoms with Crippen LogP contribution < -0.4 is 4.74 Å². The molecular weight excluding hydrogens is 314 g/mol. The first-order chi connectivity index (χ1) is 11.6. The molecule has 0 saturated carbocycles. The van der Waals surface area contributed by atoms with Crippen molar-refractivity contribution in [3.05, 3.63) is 29.8 Å². The minimum Gasteiger partial charge on any atom is -0.494 e. The number of ketones is 1. The number of methoxy groups -OCH3 is 2. The summed E-state index contributed by atoms with van der Waals surface area (Å²) in [5.74, 6) is -0.983. The number of ether oxygens (including phenoxy) is 2. The van der Waals surface area contributed by atoms with Crippen LogP contribution in [0.1, 0.15) is 23.0 Å². The van der Waals surface area contributed by atoms with Gasteiger partial charge in [-0.05, 0) is 6.42 Å². The van der Waals surface area contributed by atoms with Gasteiger partial charge >= 0.3 is 5.97 Å². The Morgan fingerprint density at radius 3 is 2.71 bits per heavy atom. The lowest BCUT2D eigenvalue weighted by Gasteiger charge is -2.06. The number of nitrogens with zero attached hydrogens (tertiary/aromatic N) is 4. The molecule has 9 heteroatoms. The van der Waals surface area contributed by atoms with Crippen molar-refractivity contribution in [2.24, 2.45) is 0 Å². The number of hydrogen-bond acceptors (Lipinski definition) is 7. The van der Waals surface area contributed by atoms with Gasteiger partial charge < -0.3 is 14.5 Å². The molecule has 0 aliphatic carbocycles. The average Bonchev–Trinajstić information content (AvgIpc) is 3.26. The molecule has 9 nitrogen and oxygen atoms in total. The third kappa shape index (κ3) is 2.39. The zero-order valence-corrected chi connectivity index (χ0v) is 13.4. The Bertz CT molecular complexity index is 927. The van der Waals surface area contributed by atoms with E-state index in [-0.39, 0.29) is 5.56 Å². The predicted molar refractivity (Wildman–Crippen MR) is 83.3 cm³/mol. The standard InChI is InChI=1S/C15H15N5O4/c1-4-8-5-18-20(19-8)14-12-11(10(23-2)7-17-14)9(6-16-12)13(21)15(22)24-3/h5-7,16H,4H2,1-3H3. The number of nitrogens with one attached hydrogen (secondary N) is 1. The highest BCUT2D eigenvalue weighted by Gasteiger charge is 2.25. The quantitative estimate of drug-likeness (QED) is 0.423. The van der Waals surface area contributed by atoms with E-state index < -0.39 is 11.8 Å². The summed E-state index contributed by atoms with van der Waals surface area (Å²) in [7, 11) is 2.61. The molecule has 0 atom stereocenters. The lowest BCUT2D eigenvalue weighted by molar-refractivity contribution is -0.135. The normalized spacial score (nSPS) is 10.8. The van der Waals surface area contributed by atoms with Gasteiger partial charge in [-0.1, -0.05) is 6.92 Å². The molecule has 3 rings (SSSR count). The fourth-order valence-corrected chi connectivity index (χ4v) is 2.35. The lowest BCUT2D eigenvalue weighted by atomic mass is 10.1. The first kappa shape index (κ1) is 15.7. The molecule has 0 spiro atoms. The number of carbonyl (C=O) groups excluding carboxylic acids is 2. The van der Waals surface area contributed by atoms with E-state index in [2.05, 4.69) is 24.9 Å². The molecule has 0 aromatic carbocycles. The second-order valence-corrected chi connectivity index (χ2v) is 4.90. The molecular formula is C15H15N5O4. The van der Waals surface area contributed by atoms with E-state index in [9.17, 15) is 9.59 Å². The van der Waals surface area contributed by atoms with Gasteiger partial charge in [0.05, 0.1) is 48.8 Å². The summed E-state index contributed by atoms with van der Waals surface area (Å²) in [6.07, 6.45) is 5.24. The fraction of sp³-hybridized carbons (Fsp3) is 0.267. The molecule has 24 heavy (non-hydrogen) atoms. The van der Waals surface area contributed by atoms with Crippen LogP contribution in [-0.2, 0) is 16.0 Å².